The van der Waals surface area contributed by atoms with Crippen LogP contribution in [0.2, 0.25) is 0 Å². The molecule has 0 bridgehead atoms. The zero-order valence-corrected chi connectivity index (χ0v) is 22.1. The zero-order valence-electron chi connectivity index (χ0n) is 19.8. The maximum Gasteiger partial charge on any atom is 0.191 e. The van der Waals surface area contributed by atoms with Crippen LogP contribution in [-0.4, -0.2) is 95.1 Å². The van der Waals surface area contributed by atoms with Gasteiger partial charge < -0.3 is 24.8 Å². The van der Waals surface area contributed by atoms with Gasteiger partial charge in [-0.05, 0) is 32.6 Å². The van der Waals surface area contributed by atoms with Crippen LogP contribution in [0.3, 0.4) is 0 Å². The van der Waals surface area contributed by atoms with Crippen LogP contribution in [0.15, 0.2) is 4.99 Å². The van der Waals surface area contributed by atoms with Crippen molar-refractivity contribution in [3.05, 3.63) is 11.6 Å². The number of aromatic nitrogens is 3. The minimum atomic E-state index is 0. The van der Waals surface area contributed by atoms with Crippen LogP contribution in [0.25, 0.3) is 0 Å². The largest absolute Gasteiger partial charge is 0.379 e. The van der Waals surface area contributed by atoms with Gasteiger partial charge in [0.15, 0.2) is 11.8 Å². The van der Waals surface area contributed by atoms with E-state index in [-0.39, 0.29) is 24.0 Å². The summed E-state index contributed by atoms with van der Waals surface area (Å²) in [5.41, 5.74) is 0. The lowest BCUT2D eigenvalue weighted by Crippen LogP contribution is -2.51. The number of nitrogens with zero attached hydrogens (tertiary/aromatic N) is 6. The van der Waals surface area contributed by atoms with Crippen molar-refractivity contribution in [1.29, 1.82) is 0 Å². The molecule has 1 aromatic heterocycles. The molecule has 1 aliphatic carbocycles. The highest BCUT2D eigenvalue weighted by Gasteiger charge is 2.27. The molecule has 0 amide bonds. The normalized spacial score (nSPS) is 22.1. The van der Waals surface area contributed by atoms with Crippen LogP contribution in [0.5, 0.6) is 0 Å². The molecule has 9 nitrogen and oxygen atoms in total. The number of aryl methyl sites for hydroxylation is 1. The van der Waals surface area contributed by atoms with E-state index in [1.165, 1.54) is 51.6 Å². The van der Waals surface area contributed by atoms with Crippen LogP contribution >= 0.6 is 24.0 Å². The minimum absolute atomic E-state index is 0. The van der Waals surface area contributed by atoms with Crippen molar-refractivity contribution in [3.63, 3.8) is 0 Å². The fraction of sp³-hybridized carbons (Fsp3) is 0.864. The molecule has 1 aromatic rings. The molecule has 2 saturated heterocycles. The van der Waals surface area contributed by atoms with Gasteiger partial charge in [-0.2, -0.15) is 0 Å². The van der Waals surface area contributed by atoms with E-state index in [1.54, 1.807) is 0 Å². The average Bonchev–Trinajstić information content (AvgIpc) is 3.44. The molecule has 3 heterocycles. The van der Waals surface area contributed by atoms with E-state index in [9.17, 15) is 0 Å². The Morgan fingerprint density at radius 1 is 1.06 bits per heavy atom. The number of hydrogen-bond donors (Lipinski definition) is 2. The molecule has 32 heavy (non-hydrogen) atoms. The molecule has 0 radical (unpaired) electrons. The smallest absolute Gasteiger partial charge is 0.191 e. The van der Waals surface area contributed by atoms with E-state index in [4.69, 9.17) is 9.73 Å². The topological polar surface area (TPSA) is 82.8 Å². The molecule has 3 aliphatic rings. The summed E-state index contributed by atoms with van der Waals surface area (Å²) in [6.07, 6.45) is 7.98. The summed E-state index contributed by atoms with van der Waals surface area (Å²) in [7, 11) is 2.00. The van der Waals surface area contributed by atoms with Crippen LogP contribution in [0, 0.1) is 6.92 Å². The molecule has 3 fully saturated rings. The minimum Gasteiger partial charge on any atom is -0.379 e. The van der Waals surface area contributed by atoms with Crippen molar-refractivity contribution in [2.24, 2.45) is 12.0 Å². The van der Waals surface area contributed by atoms with Crippen molar-refractivity contribution in [3.8, 4) is 0 Å². The lowest BCUT2D eigenvalue weighted by Gasteiger charge is -2.36. The molecule has 2 N–H and O–H groups in total. The van der Waals surface area contributed by atoms with E-state index in [1.807, 2.05) is 18.5 Å². The van der Waals surface area contributed by atoms with Crippen LogP contribution in [0.4, 0.5) is 0 Å². The van der Waals surface area contributed by atoms with Gasteiger partial charge in [-0.25, -0.2) is 4.99 Å². The van der Waals surface area contributed by atoms with Crippen molar-refractivity contribution < 1.29 is 4.74 Å². The zero-order chi connectivity index (χ0) is 21.5. The fourth-order valence-electron chi connectivity index (χ4n) is 4.92. The summed E-state index contributed by atoms with van der Waals surface area (Å²) in [6, 6.07) is 1.31. The number of halogens is 1. The van der Waals surface area contributed by atoms with Gasteiger partial charge in [0.2, 0.25) is 0 Å². The van der Waals surface area contributed by atoms with Crippen molar-refractivity contribution in [2.45, 2.75) is 64.1 Å². The van der Waals surface area contributed by atoms with Gasteiger partial charge >= 0.3 is 0 Å². The number of piperidine rings is 1. The van der Waals surface area contributed by atoms with Gasteiger partial charge in [0, 0.05) is 58.4 Å². The van der Waals surface area contributed by atoms with Crippen LogP contribution < -0.4 is 10.6 Å². The van der Waals surface area contributed by atoms with Gasteiger partial charge in [-0.3, -0.25) is 4.90 Å². The summed E-state index contributed by atoms with van der Waals surface area (Å²) in [4.78, 5) is 10.0. The second-order valence-corrected chi connectivity index (χ2v) is 9.16. The molecule has 0 unspecified atom stereocenters. The first-order valence-electron chi connectivity index (χ1n) is 12.1. The first-order valence-corrected chi connectivity index (χ1v) is 12.1. The predicted molar refractivity (Wildman–Crippen MR) is 138 cm³/mol. The molecular weight excluding hydrogens is 519 g/mol. The highest BCUT2D eigenvalue weighted by atomic mass is 127. The highest BCUT2D eigenvalue weighted by molar-refractivity contribution is 14.0. The number of likely N-dealkylation sites (tertiary alicyclic amines) is 1. The van der Waals surface area contributed by atoms with E-state index in [0.717, 1.165) is 63.0 Å². The molecule has 10 heteroatoms. The Balaban J connectivity index is 0.00000289. The van der Waals surface area contributed by atoms with Gasteiger partial charge in [-0.1, -0.05) is 12.8 Å². The number of aliphatic imine (C=N–C) groups is 1. The first kappa shape index (κ1) is 25.6. The number of guanidine groups is 1. The Morgan fingerprint density at radius 3 is 2.44 bits per heavy atom. The van der Waals surface area contributed by atoms with Gasteiger partial charge in [0.1, 0.15) is 12.4 Å². The number of rotatable bonds is 7. The summed E-state index contributed by atoms with van der Waals surface area (Å²) < 4.78 is 7.47. The van der Waals surface area contributed by atoms with Crippen molar-refractivity contribution in [1.82, 2.24) is 35.2 Å². The second kappa shape index (κ2) is 13.0. The lowest BCUT2D eigenvalue weighted by atomic mass is 10.0. The molecule has 0 spiro atoms. The molecule has 4 rings (SSSR count). The number of hydrogen-bond acceptors (Lipinski definition) is 6. The number of ether oxygens (including phenoxy) is 1. The predicted octanol–water partition coefficient (Wildman–Crippen LogP) is 1.52. The number of nitrogens with one attached hydrogen (secondary N) is 2. The van der Waals surface area contributed by atoms with E-state index >= 15 is 0 Å². The van der Waals surface area contributed by atoms with Crippen LogP contribution in [0.1, 0.15) is 50.2 Å². The Morgan fingerprint density at radius 2 is 1.78 bits per heavy atom. The summed E-state index contributed by atoms with van der Waals surface area (Å²) in [6.45, 7) is 10.5. The fourth-order valence-corrected chi connectivity index (χ4v) is 4.92. The quantitative estimate of drug-likeness (QED) is 0.297. The van der Waals surface area contributed by atoms with Crippen molar-refractivity contribution in [2.75, 3.05) is 52.5 Å². The van der Waals surface area contributed by atoms with E-state index in [0.29, 0.717) is 12.6 Å². The Bertz CT molecular complexity index is 707. The Labute approximate surface area is 209 Å². The third-order valence-electron chi connectivity index (χ3n) is 7.10. The average molecular weight is 561 g/mol. The maximum atomic E-state index is 5.46. The first-order chi connectivity index (χ1) is 15.2. The molecule has 182 valence electrons. The Hall–Kier alpha value is -0.980. The highest BCUT2D eigenvalue weighted by Crippen LogP contribution is 2.26. The molecule has 1 saturated carbocycles. The summed E-state index contributed by atoms with van der Waals surface area (Å²) >= 11 is 0. The summed E-state index contributed by atoms with van der Waals surface area (Å²) in [5.74, 6) is 2.70. The van der Waals surface area contributed by atoms with Gasteiger partial charge in [0.05, 0.1) is 13.2 Å². The third kappa shape index (κ3) is 7.26. The third-order valence-corrected chi connectivity index (χ3v) is 7.10. The molecule has 0 aromatic carbocycles. The molecule has 0 atom stereocenters. The molecular formula is C22H41IN8O. The van der Waals surface area contributed by atoms with Gasteiger partial charge in [-0.15, -0.1) is 34.2 Å². The standard InChI is InChI=1S/C22H40N8O.HI/c1-18-26-27-21(28(18)2)17-24-22(23-9-12-29-13-15-31-16-14-29)25-19-7-10-30(11-8-19)20-5-3-4-6-20;/h19-20H,3-17H2,1-2H3,(H2,23,24,25);1H. The molecule has 2 aliphatic heterocycles. The number of morpholine rings is 1. The maximum absolute atomic E-state index is 5.46. The lowest BCUT2D eigenvalue weighted by molar-refractivity contribution is 0.0389. The monoisotopic (exact) mass is 560 g/mol. The van der Waals surface area contributed by atoms with Gasteiger partial charge in [0.25, 0.3) is 0 Å². The van der Waals surface area contributed by atoms with E-state index in [2.05, 4.69) is 30.6 Å². The van der Waals surface area contributed by atoms with Crippen LogP contribution in [-0.2, 0) is 18.3 Å². The Kier molecular flexibility index (Phi) is 10.5. The SMILES string of the molecule is Cc1nnc(CN=C(NCCN2CCOCC2)NC2CCN(C3CCCC3)CC2)n1C.I. The van der Waals surface area contributed by atoms with E-state index < -0.39 is 0 Å². The second-order valence-electron chi connectivity index (χ2n) is 9.16. The summed E-state index contributed by atoms with van der Waals surface area (Å²) in [5, 5.41) is 15.7. The van der Waals surface area contributed by atoms with Crippen molar-refractivity contribution >= 4 is 29.9 Å².